The van der Waals surface area contributed by atoms with Crippen LogP contribution in [0.25, 0.3) is 0 Å². The molecule has 2 fully saturated rings. The van der Waals surface area contributed by atoms with Crippen LogP contribution in [-0.2, 0) is 0 Å². The van der Waals surface area contributed by atoms with E-state index in [1.165, 1.54) is 11.8 Å². The molecule has 4 heteroatoms. The van der Waals surface area contributed by atoms with Gasteiger partial charge in [-0.25, -0.2) is 13.2 Å². The Labute approximate surface area is 106 Å². The normalized spacial score (nSPS) is 48.0. The Kier molecular flexibility index (Phi) is 4.67. The van der Waals surface area contributed by atoms with Crippen LogP contribution in [0.5, 0.6) is 0 Å². The van der Waals surface area contributed by atoms with Crippen molar-refractivity contribution < 1.29 is 13.2 Å². The van der Waals surface area contributed by atoms with E-state index in [0.29, 0.717) is 25.7 Å². The molecule has 2 saturated carbocycles. The zero-order valence-corrected chi connectivity index (χ0v) is 11.1. The third-order valence-electron chi connectivity index (χ3n) is 4.04. The second kappa shape index (κ2) is 5.85. The lowest BCUT2D eigenvalue weighted by atomic mass is 9.89. The van der Waals surface area contributed by atoms with Gasteiger partial charge in [-0.2, -0.15) is 0 Å². The van der Waals surface area contributed by atoms with Crippen LogP contribution in [0.15, 0.2) is 0 Å². The standard InChI is InChI=1S/C13H21F3S/c1-8-4-2-5-9(14)12(8)17-13-10(15)6-3-7-11(13)16/h8-13H,2-7H2,1H3. The lowest BCUT2D eigenvalue weighted by molar-refractivity contribution is 0.164. The monoisotopic (exact) mass is 266 g/mol. The molecule has 0 aromatic heterocycles. The molecule has 0 N–H and O–H groups in total. The first-order valence-corrected chi connectivity index (χ1v) is 7.61. The Morgan fingerprint density at radius 2 is 1.24 bits per heavy atom. The number of thioether (sulfide) groups is 1. The van der Waals surface area contributed by atoms with Crippen molar-refractivity contribution in [1.29, 1.82) is 0 Å². The lowest BCUT2D eigenvalue weighted by Gasteiger charge is -2.37. The van der Waals surface area contributed by atoms with Crippen molar-refractivity contribution in [3.63, 3.8) is 0 Å². The molecule has 100 valence electrons. The van der Waals surface area contributed by atoms with Crippen LogP contribution in [0.4, 0.5) is 13.2 Å². The third kappa shape index (κ3) is 3.12. The number of hydrogen-bond acceptors (Lipinski definition) is 1. The molecule has 0 aromatic rings. The van der Waals surface area contributed by atoms with Gasteiger partial charge in [0, 0.05) is 5.25 Å². The summed E-state index contributed by atoms with van der Waals surface area (Å²) in [5.74, 6) is 0.241. The maximum absolute atomic E-state index is 13.8. The van der Waals surface area contributed by atoms with Gasteiger partial charge in [0.15, 0.2) is 0 Å². The summed E-state index contributed by atoms with van der Waals surface area (Å²) in [6.45, 7) is 2.01. The van der Waals surface area contributed by atoms with Crippen molar-refractivity contribution >= 4 is 11.8 Å². The van der Waals surface area contributed by atoms with Crippen molar-refractivity contribution in [1.82, 2.24) is 0 Å². The minimum absolute atomic E-state index is 0.205. The van der Waals surface area contributed by atoms with Crippen LogP contribution in [-0.4, -0.2) is 29.0 Å². The van der Waals surface area contributed by atoms with Gasteiger partial charge in [-0.1, -0.05) is 13.3 Å². The van der Waals surface area contributed by atoms with Gasteiger partial charge in [-0.3, -0.25) is 0 Å². The van der Waals surface area contributed by atoms with E-state index in [-0.39, 0.29) is 11.2 Å². The van der Waals surface area contributed by atoms with Crippen molar-refractivity contribution in [2.45, 2.75) is 74.5 Å². The first kappa shape index (κ1) is 13.6. The molecule has 2 aliphatic rings. The van der Waals surface area contributed by atoms with Gasteiger partial charge in [0.25, 0.3) is 0 Å². The van der Waals surface area contributed by atoms with E-state index < -0.39 is 23.8 Å². The summed E-state index contributed by atoms with van der Waals surface area (Å²) in [6, 6.07) is 0. The molecule has 0 bridgehead atoms. The van der Waals surface area contributed by atoms with Crippen LogP contribution in [0.3, 0.4) is 0 Å². The third-order valence-corrected chi connectivity index (χ3v) is 6.02. The average Bonchev–Trinajstić information content (AvgIpc) is 2.27. The SMILES string of the molecule is CC1CCCC(F)C1SC1C(F)CCCC1F. The highest BCUT2D eigenvalue weighted by Crippen LogP contribution is 2.42. The highest BCUT2D eigenvalue weighted by molar-refractivity contribution is 8.00. The minimum Gasteiger partial charge on any atom is -0.246 e. The molecule has 0 nitrogen and oxygen atoms in total. The Hall–Kier alpha value is 0.140. The molecule has 0 spiro atoms. The van der Waals surface area contributed by atoms with Crippen molar-refractivity contribution in [3.8, 4) is 0 Å². The summed E-state index contributed by atoms with van der Waals surface area (Å²) in [4.78, 5) is 0. The lowest BCUT2D eigenvalue weighted by Crippen LogP contribution is -2.40. The summed E-state index contributed by atoms with van der Waals surface area (Å²) in [7, 11) is 0. The van der Waals surface area contributed by atoms with E-state index in [9.17, 15) is 13.2 Å². The number of alkyl halides is 3. The van der Waals surface area contributed by atoms with E-state index in [4.69, 9.17) is 0 Å². The van der Waals surface area contributed by atoms with Crippen LogP contribution in [0.1, 0.15) is 45.4 Å². The molecule has 0 saturated heterocycles. The van der Waals surface area contributed by atoms with Gasteiger partial charge in [-0.05, 0) is 38.0 Å². The second-order valence-corrected chi connectivity index (χ2v) is 6.81. The fourth-order valence-corrected chi connectivity index (χ4v) is 4.64. The van der Waals surface area contributed by atoms with Crippen molar-refractivity contribution in [3.05, 3.63) is 0 Å². The molecule has 5 unspecified atom stereocenters. The largest absolute Gasteiger partial charge is 0.246 e. The van der Waals surface area contributed by atoms with Crippen LogP contribution in [0, 0.1) is 5.92 Å². The molecular formula is C13H21F3S. The fraction of sp³-hybridized carbons (Fsp3) is 1.00. The van der Waals surface area contributed by atoms with Gasteiger partial charge in [0.1, 0.15) is 18.5 Å². The zero-order chi connectivity index (χ0) is 12.4. The van der Waals surface area contributed by atoms with Gasteiger partial charge >= 0.3 is 0 Å². The maximum Gasteiger partial charge on any atom is 0.115 e. The zero-order valence-electron chi connectivity index (χ0n) is 10.2. The summed E-state index contributed by atoms with van der Waals surface area (Å²) in [5.41, 5.74) is 0. The van der Waals surface area contributed by atoms with E-state index in [1.807, 2.05) is 6.92 Å². The van der Waals surface area contributed by atoms with E-state index in [0.717, 1.165) is 12.8 Å². The van der Waals surface area contributed by atoms with Gasteiger partial charge in [0.2, 0.25) is 0 Å². The summed E-state index contributed by atoms with van der Waals surface area (Å²) in [5, 5.41) is -0.837. The molecule has 17 heavy (non-hydrogen) atoms. The van der Waals surface area contributed by atoms with Crippen LogP contribution in [0.2, 0.25) is 0 Å². The number of rotatable bonds is 2. The smallest absolute Gasteiger partial charge is 0.115 e. The molecular weight excluding hydrogens is 245 g/mol. The second-order valence-electron chi connectivity index (χ2n) is 5.45. The van der Waals surface area contributed by atoms with Crippen LogP contribution < -0.4 is 0 Å². The van der Waals surface area contributed by atoms with Gasteiger partial charge in [0.05, 0.1) is 5.25 Å². The van der Waals surface area contributed by atoms with Crippen LogP contribution >= 0.6 is 11.8 Å². The number of hydrogen-bond donors (Lipinski definition) is 0. The molecule has 0 aliphatic heterocycles. The minimum atomic E-state index is -1.09. The Morgan fingerprint density at radius 3 is 1.76 bits per heavy atom. The first-order chi connectivity index (χ1) is 8.09. The van der Waals surface area contributed by atoms with E-state index in [1.54, 1.807) is 0 Å². The van der Waals surface area contributed by atoms with E-state index in [2.05, 4.69) is 0 Å². The highest BCUT2D eigenvalue weighted by Gasteiger charge is 2.40. The Morgan fingerprint density at radius 1 is 0.765 bits per heavy atom. The molecule has 0 aromatic carbocycles. The number of halogens is 3. The van der Waals surface area contributed by atoms with Gasteiger partial charge < -0.3 is 0 Å². The van der Waals surface area contributed by atoms with Gasteiger partial charge in [-0.15, -0.1) is 11.8 Å². The first-order valence-electron chi connectivity index (χ1n) is 6.67. The Bertz CT molecular complexity index is 205. The molecule has 2 rings (SSSR count). The summed E-state index contributed by atoms with van der Waals surface area (Å²) in [6.07, 6.45) is 0.884. The maximum atomic E-state index is 13.8. The quantitative estimate of drug-likeness (QED) is 0.710. The highest BCUT2D eigenvalue weighted by atomic mass is 32.2. The average molecular weight is 266 g/mol. The summed E-state index contributed by atoms with van der Waals surface area (Å²) < 4.78 is 41.3. The van der Waals surface area contributed by atoms with E-state index >= 15 is 0 Å². The molecule has 0 radical (unpaired) electrons. The molecule has 2 aliphatic carbocycles. The fourth-order valence-electron chi connectivity index (χ4n) is 2.95. The topological polar surface area (TPSA) is 0 Å². The molecule has 0 amide bonds. The van der Waals surface area contributed by atoms with Crippen molar-refractivity contribution in [2.75, 3.05) is 0 Å². The Balaban J connectivity index is 1.97. The predicted molar refractivity (Wildman–Crippen MR) is 66.7 cm³/mol. The summed E-state index contributed by atoms with van der Waals surface area (Å²) >= 11 is 1.25. The van der Waals surface area contributed by atoms with Crippen molar-refractivity contribution in [2.24, 2.45) is 5.92 Å². The predicted octanol–water partition coefficient (Wildman–Crippen LogP) is 4.48. The molecule has 0 heterocycles. The molecule has 5 atom stereocenters.